The first kappa shape index (κ1) is 11.1. The summed E-state index contributed by atoms with van der Waals surface area (Å²) in [6.45, 7) is 1.37. The van der Waals surface area contributed by atoms with Crippen LogP contribution in [0.1, 0.15) is 18.0 Å². The number of aromatic nitrogens is 1. The summed E-state index contributed by atoms with van der Waals surface area (Å²) in [7, 11) is 0. The van der Waals surface area contributed by atoms with Crippen LogP contribution in [0.2, 0.25) is 0 Å². The summed E-state index contributed by atoms with van der Waals surface area (Å²) >= 11 is 1.26. The van der Waals surface area contributed by atoms with E-state index >= 15 is 0 Å². The van der Waals surface area contributed by atoms with Crippen LogP contribution in [0.25, 0.3) is 0 Å². The molecule has 1 aromatic rings. The van der Waals surface area contributed by atoms with Gasteiger partial charge in [0.25, 0.3) is 0 Å². The molecule has 14 heavy (non-hydrogen) atoms. The van der Waals surface area contributed by atoms with Gasteiger partial charge in [-0.1, -0.05) is 0 Å². The average molecular weight is 216 g/mol. The molecule has 0 aliphatic rings. The van der Waals surface area contributed by atoms with Crippen molar-refractivity contribution in [3.05, 3.63) is 16.6 Å². The van der Waals surface area contributed by atoms with Gasteiger partial charge in [-0.05, 0) is 0 Å². The molecule has 1 amide bonds. The Bertz CT molecular complexity index is 289. The van der Waals surface area contributed by atoms with Crippen LogP contribution in [0.5, 0.6) is 0 Å². The fourth-order valence-electron chi connectivity index (χ4n) is 0.905. The SMILES string of the molecule is CC(=O)NCC(O)C(O)c1nccs1. The standard InChI is InChI=1S/C8H12N2O3S/c1-5(11)10-4-6(12)7(13)8-9-2-3-14-8/h2-3,6-7,12-13H,4H2,1H3,(H,10,11). The number of hydrogen-bond donors (Lipinski definition) is 3. The lowest BCUT2D eigenvalue weighted by Crippen LogP contribution is -2.34. The number of rotatable bonds is 4. The molecule has 3 N–H and O–H groups in total. The summed E-state index contributed by atoms with van der Waals surface area (Å²) in [5.41, 5.74) is 0. The van der Waals surface area contributed by atoms with Crippen molar-refractivity contribution in [3.63, 3.8) is 0 Å². The molecule has 5 nitrogen and oxygen atoms in total. The highest BCUT2D eigenvalue weighted by molar-refractivity contribution is 7.09. The van der Waals surface area contributed by atoms with Crippen LogP contribution < -0.4 is 5.32 Å². The molecule has 1 heterocycles. The average Bonchev–Trinajstić information content (AvgIpc) is 2.65. The summed E-state index contributed by atoms with van der Waals surface area (Å²) in [6.07, 6.45) is -0.513. The minimum atomic E-state index is -1.04. The predicted molar refractivity (Wildman–Crippen MR) is 51.8 cm³/mol. The maximum atomic E-state index is 10.5. The number of carbonyl (C=O) groups is 1. The number of nitrogens with zero attached hydrogens (tertiary/aromatic N) is 1. The Kier molecular flexibility index (Phi) is 3.99. The molecule has 6 heteroatoms. The Labute approximate surface area is 85.4 Å². The zero-order chi connectivity index (χ0) is 10.6. The molecule has 0 spiro atoms. The first-order valence-electron chi connectivity index (χ1n) is 4.11. The summed E-state index contributed by atoms with van der Waals surface area (Å²) in [6, 6.07) is 0. The second kappa shape index (κ2) is 5.04. The van der Waals surface area contributed by atoms with E-state index in [0.717, 1.165) is 0 Å². The minimum Gasteiger partial charge on any atom is -0.388 e. The van der Waals surface area contributed by atoms with Crippen LogP contribution in [-0.2, 0) is 4.79 Å². The Morgan fingerprint density at radius 1 is 1.71 bits per heavy atom. The number of thiazole rings is 1. The highest BCUT2D eigenvalue weighted by Crippen LogP contribution is 2.18. The lowest BCUT2D eigenvalue weighted by molar-refractivity contribution is -0.119. The van der Waals surface area contributed by atoms with Crippen LogP contribution >= 0.6 is 11.3 Å². The first-order chi connectivity index (χ1) is 6.61. The van der Waals surface area contributed by atoms with Crippen LogP contribution in [0.3, 0.4) is 0 Å². The third-order valence-corrected chi connectivity index (χ3v) is 2.48. The van der Waals surface area contributed by atoms with Gasteiger partial charge in [-0.15, -0.1) is 11.3 Å². The molecule has 0 fully saturated rings. The van der Waals surface area contributed by atoms with E-state index in [4.69, 9.17) is 0 Å². The highest BCUT2D eigenvalue weighted by atomic mass is 32.1. The minimum absolute atomic E-state index is 0.0239. The summed E-state index contributed by atoms with van der Waals surface area (Å²) in [5.74, 6) is -0.240. The van der Waals surface area contributed by atoms with Gasteiger partial charge in [-0.2, -0.15) is 0 Å². The third kappa shape index (κ3) is 3.06. The quantitative estimate of drug-likeness (QED) is 0.644. The lowest BCUT2D eigenvalue weighted by Gasteiger charge is -2.15. The van der Waals surface area contributed by atoms with E-state index in [1.807, 2.05) is 0 Å². The first-order valence-corrected chi connectivity index (χ1v) is 4.99. The van der Waals surface area contributed by atoms with Gasteiger partial charge in [0.15, 0.2) is 0 Å². The zero-order valence-corrected chi connectivity index (χ0v) is 8.49. The van der Waals surface area contributed by atoms with Gasteiger partial charge in [0.2, 0.25) is 5.91 Å². The maximum absolute atomic E-state index is 10.5. The van der Waals surface area contributed by atoms with E-state index in [0.29, 0.717) is 5.01 Å². The van der Waals surface area contributed by atoms with Crippen molar-refractivity contribution < 1.29 is 15.0 Å². The number of carbonyl (C=O) groups excluding carboxylic acids is 1. The third-order valence-electron chi connectivity index (χ3n) is 1.63. The number of aliphatic hydroxyl groups excluding tert-OH is 2. The molecule has 2 unspecified atom stereocenters. The van der Waals surface area contributed by atoms with E-state index in [1.54, 1.807) is 11.6 Å². The van der Waals surface area contributed by atoms with Gasteiger partial charge in [0, 0.05) is 25.0 Å². The monoisotopic (exact) mass is 216 g/mol. The molecule has 0 saturated carbocycles. The number of hydrogen-bond acceptors (Lipinski definition) is 5. The van der Waals surface area contributed by atoms with E-state index < -0.39 is 12.2 Å². The Morgan fingerprint density at radius 3 is 2.93 bits per heavy atom. The van der Waals surface area contributed by atoms with Crippen LogP contribution in [0, 0.1) is 0 Å². The summed E-state index contributed by atoms with van der Waals surface area (Å²) < 4.78 is 0. The molecule has 0 aromatic carbocycles. The number of nitrogens with one attached hydrogen (secondary N) is 1. The van der Waals surface area contributed by atoms with Gasteiger partial charge >= 0.3 is 0 Å². The molecular weight excluding hydrogens is 204 g/mol. The number of amides is 1. The van der Waals surface area contributed by atoms with Crippen molar-refractivity contribution in [1.82, 2.24) is 10.3 Å². The normalized spacial score (nSPS) is 14.8. The number of aliphatic hydroxyl groups is 2. The molecule has 1 rings (SSSR count). The van der Waals surface area contributed by atoms with E-state index in [1.165, 1.54) is 18.3 Å². The van der Waals surface area contributed by atoms with Gasteiger partial charge in [-0.3, -0.25) is 4.79 Å². The topological polar surface area (TPSA) is 82.5 Å². The van der Waals surface area contributed by atoms with Gasteiger partial charge in [0.1, 0.15) is 17.2 Å². The smallest absolute Gasteiger partial charge is 0.216 e. The van der Waals surface area contributed by atoms with Crippen molar-refractivity contribution in [1.29, 1.82) is 0 Å². The molecule has 1 aromatic heterocycles. The predicted octanol–water partition coefficient (Wildman–Crippen LogP) is -0.327. The zero-order valence-electron chi connectivity index (χ0n) is 7.67. The molecular formula is C8H12N2O3S. The van der Waals surface area contributed by atoms with Gasteiger partial charge in [0.05, 0.1) is 0 Å². The Morgan fingerprint density at radius 2 is 2.43 bits per heavy atom. The fraction of sp³-hybridized carbons (Fsp3) is 0.500. The molecule has 0 saturated heterocycles. The van der Waals surface area contributed by atoms with Gasteiger partial charge < -0.3 is 15.5 Å². The van der Waals surface area contributed by atoms with Crippen LogP contribution in [0.4, 0.5) is 0 Å². The molecule has 78 valence electrons. The molecule has 0 aliphatic carbocycles. The Hall–Kier alpha value is -0.980. The highest BCUT2D eigenvalue weighted by Gasteiger charge is 2.20. The van der Waals surface area contributed by atoms with Crippen molar-refractivity contribution in [2.45, 2.75) is 19.1 Å². The second-order valence-corrected chi connectivity index (χ2v) is 3.75. The van der Waals surface area contributed by atoms with E-state index in [2.05, 4.69) is 10.3 Å². The molecule has 0 bridgehead atoms. The van der Waals surface area contributed by atoms with E-state index in [-0.39, 0.29) is 12.5 Å². The largest absolute Gasteiger partial charge is 0.388 e. The van der Waals surface area contributed by atoms with Crippen molar-refractivity contribution in [2.75, 3.05) is 6.54 Å². The van der Waals surface area contributed by atoms with Crippen molar-refractivity contribution in [2.24, 2.45) is 0 Å². The summed E-state index contributed by atoms with van der Waals surface area (Å²) in [4.78, 5) is 14.4. The molecule has 0 aliphatic heterocycles. The lowest BCUT2D eigenvalue weighted by atomic mass is 10.2. The maximum Gasteiger partial charge on any atom is 0.216 e. The second-order valence-electron chi connectivity index (χ2n) is 2.82. The van der Waals surface area contributed by atoms with Crippen molar-refractivity contribution in [3.8, 4) is 0 Å². The van der Waals surface area contributed by atoms with E-state index in [9.17, 15) is 15.0 Å². The molecule has 2 atom stereocenters. The molecule has 0 radical (unpaired) electrons. The van der Waals surface area contributed by atoms with Gasteiger partial charge in [-0.25, -0.2) is 4.98 Å². The van der Waals surface area contributed by atoms with Crippen molar-refractivity contribution >= 4 is 17.2 Å². The fourth-order valence-corrected chi connectivity index (χ4v) is 1.58. The summed E-state index contributed by atoms with van der Waals surface area (Å²) in [5, 5.41) is 23.6. The van der Waals surface area contributed by atoms with Crippen LogP contribution in [-0.4, -0.2) is 33.8 Å². The Balaban J connectivity index is 2.44. The van der Waals surface area contributed by atoms with Crippen LogP contribution in [0.15, 0.2) is 11.6 Å².